The molecule has 3 N–H and O–H groups in total. The first-order valence-electron chi connectivity index (χ1n) is 6.55. The summed E-state index contributed by atoms with van der Waals surface area (Å²) in [5, 5.41) is 7.42. The Bertz CT molecular complexity index is 464. The van der Waals surface area contributed by atoms with Gasteiger partial charge in [0.05, 0.1) is 6.61 Å². The highest BCUT2D eigenvalue weighted by atomic mass is 79.9. The smallest absolute Gasteiger partial charge is 0.123 e. The van der Waals surface area contributed by atoms with Crippen molar-refractivity contribution in [2.45, 2.75) is 25.3 Å². The summed E-state index contributed by atoms with van der Waals surface area (Å²) in [6, 6.07) is 6.19. The van der Waals surface area contributed by atoms with Crippen LogP contribution in [0.3, 0.4) is 0 Å². The van der Waals surface area contributed by atoms with E-state index in [1.807, 2.05) is 18.2 Å². The van der Waals surface area contributed by atoms with Crippen molar-refractivity contribution < 1.29 is 4.74 Å². The van der Waals surface area contributed by atoms with Crippen LogP contribution in [0.5, 0.6) is 5.75 Å². The van der Waals surface area contributed by atoms with Crippen molar-refractivity contribution in [3.05, 3.63) is 28.2 Å². The highest BCUT2D eigenvalue weighted by Gasteiger charge is 2.20. The lowest BCUT2D eigenvalue weighted by molar-refractivity contribution is 0.233. The molecule has 1 heterocycles. The molecule has 0 aliphatic carbocycles. The van der Waals surface area contributed by atoms with E-state index in [1.54, 1.807) is 0 Å². The Morgan fingerprint density at radius 1 is 1.58 bits per heavy atom. The fourth-order valence-electron chi connectivity index (χ4n) is 2.46. The minimum Gasteiger partial charge on any atom is -0.493 e. The highest BCUT2D eigenvalue weighted by molar-refractivity contribution is 9.10. The van der Waals surface area contributed by atoms with E-state index < -0.39 is 0 Å². The zero-order chi connectivity index (χ0) is 13.8. The maximum absolute atomic E-state index is 7.42. The maximum Gasteiger partial charge on any atom is 0.123 e. The number of benzene rings is 1. The van der Waals surface area contributed by atoms with Crippen LogP contribution in [0.15, 0.2) is 22.7 Å². The molecule has 0 aromatic heterocycles. The van der Waals surface area contributed by atoms with E-state index in [0.717, 1.165) is 23.2 Å². The molecule has 0 bridgehead atoms. The van der Waals surface area contributed by atoms with Gasteiger partial charge in [-0.15, -0.1) is 0 Å². The van der Waals surface area contributed by atoms with Crippen LogP contribution in [-0.2, 0) is 0 Å². The molecule has 0 spiro atoms. The van der Waals surface area contributed by atoms with Gasteiger partial charge in [0, 0.05) is 16.1 Å². The summed E-state index contributed by atoms with van der Waals surface area (Å²) in [5.41, 5.74) is 6.17. The largest absolute Gasteiger partial charge is 0.493 e. The van der Waals surface area contributed by atoms with Crippen molar-refractivity contribution in [3.8, 4) is 5.75 Å². The van der Waals surface area contributed by atoms with Crippen LogP contribution >= 0.6 is 15.9 Å². The summed E-state index contributed by atoms with van der Waals surface area (Å²) >= 11 is 3.41. The normalized spacial score (nSPS) is 19.6. The predicted octanol–water partition coefficient (Wildman–Crippen LogP) is 2.60. The number of likely N-dealkylation sites (tertiary alicyclic amines) is 1. The summed E-state index contributed by atoms with van der Waals surface area (Å²) in [6.07, 6.45) is 3.62. The molecule has 1 fully saturated rings. The minimum atomic E-state index is 0.0611. The number of nitrogens with zero attached hydrogens (tertiary/aromatic N) is 1. The van der Waals surface area contributed by atoms with Gasteiger partial charge in [-0.1, -0.05) is 0 Å². The van der Waals surface area contributed by atoms with Gasteiger partial charge in [0.1, 0.15) is 11.6 Å². The topological polar surface area (TPSA) is 62.3 Å². The molecule has 0 amide bonds. The number of ether oxygens (including phenoxy) is 1. The molecule has 1 aromatic rings. The molecule has 1 aliphatic rings. The highest BCUT2D eigenvalue weighted by Crippen LogP contribution is 2.24. The van der Waals surface area contributed by atoms with Crippen molar-refractivity contribution in [1.29, 1.82) is 5.41 Å². The molecule has 1 saturated heterocycles. The van der Waals surface area contributed by atoms with E-state index in [4.69, 9.17) is 15.9 Å². The molecule has 0 saturated carbocycles. The first-order chi connectivity index (χ1) is 9.08. The van der Waals surface area contributed by atoms with Crippen LogP contribution < -0.4 is 10.5 Å². The fourth-order valence-corrected chi connectivity index (χ4v) is 3.03. The molecule has 1 aliphatic heterocycles. The third-order valence-corrected chi connectivity index (χ3v) is 4.28. The molecule has 1 atom stereocenters. The Morgan fingerprint density at radius 2 is 2.37 bits per heavy atom. The lowest BCUT2D eigenvalue weighted by atomic mass is 10.1. The third-order valence-electron chi connectivity index (χ3n) is 3.62. The summed E-state index contributed by atoms with van der Waals surface area (Å²) in [5.74, 6) is 0.878. The molecule has 5 heteroatoms. The summed E-state index contributed by atoms with van der Waals surface area (Å²) in [6.45, 7) is 1.92. The fraction of sp³-hybridized carbons (Fsp3) is 0.500. The van der Waals surface area contributed by atoms with E-state index in [2.05, 4.69) is 27.9 Å². The van der Waals surface area contributed by atoms with Gasteiger partial charge in [-0.3, -0.25) is 5.41 Å². The van der Waals surface area contributed by atoms with Gasteiger partial charge in [-0.2, -0.15) is 0 Å². The first kappa shape index (κ1) is 14.3. The number of nitrogens with one attached hydrogen (secondary N) is 1. The second-order valence-electron chi connectivity index (χ2n) is 4.97. The van der Waals surface area contributed by atoms with Crippen LogP contribution in [-0.4, -0.2) is 37.0 Å². The lowest BCUT2D eigenvalue weighted by Gasteiger charge is -2.19. The van der Waals surface area contributed by atoms with E-state index in [1.165, 1.54) is 19.4 Å². The number of hydrogen-bond donors (Lipinski definition) is 2. The van der Waals surface area contributed by atoms with Crippen LogP contribution in [0.4, 0.5) is 0 Å². The number of halogens is 1. The Balaban J connectivity index is 1.86. The van der Waals surface area contributed by atoms with Gasteiger partial charge in [0.25, 0.3) is 0 Å². The molecular weight excluding hydrogens is 306 g/mol. The number of rotatable bonds is 5. The maximum atomic E-state index is 7.42. The SMILES string of the molecule is CN1CCCC1CCOc1ccc(C(=N)N)c(Br)c1. The summed E-state index contributed by atoms with van der Waals surface area (Å²) in [4.78, 5) is 2.40. The third kappa shape index (κ3) is 3.70. The van der Waals surface area contributed by atoms with E-state index >= 15 is 0 Å². The predicted molar refractivity (Wildman–Crippen MR) is 80.9 cm³/mol. The van der Waals surface area contributed by atoms with Crippen molar-refractivity contribution >= 4 is 21.8 Å². The summed E-state index contributed by atoms with van der Waals surface area (Å²) < 4.78 is 6.57. The molecule has 2 rings (SSSR count). The monoisotopic (exact) mass is 325 g/mol. The Hall–Kier alpha value is -1.07. The number of nitrogen functional groups attached to an aromatic ring is 1. The van der Waals surface area contributed by atoms with Gasteiger partial charge in [-0.05, 0) is 67.0 Å². The van der Waals surface area contributed by atoms with Gasteiger partial charge in [-0.25, -0.2) is 0 Å². The number of hydrogen-bond acceptors (Lipinski definition) is 3. The Kier molecular flexibility index (Phi) is 4.82. The van der Waals surface area contributed by atoms with Crippen molar-refractivity contribution in [1.82, 2.24) is 4.90 Å². The van der Waals surface area contributed by atoms with Gasteiger partial charge < -0.3 is 15.4 Å². The van der Waals surface area contributed by atoms with Crippen molar-refractivity contribution in [2.75, 3.05) is 20.2 Å². The van der Waals surface area contributed by atoms with Crippen molar-refractivity contribution in [3.63, 3.8) is 0 Å². The lowest BCUT2D eigenvalue weighted by Crippen LogP contribution is -2.26. The molecular formula is C14H20BrN3O. The second-order valence-corrected chi connectivity index (χ2v) is 5.82. The van der Waals surface area contributed by atoms with Crippen LogP contribution in [0.25, 0.3) is 0 Å². The van der Waals surface area contributed by atoms with Crippen LogP contribution in [0.2, 0.25) is 0 Å². The Labute approximate surface area is 122 Å². The standard InChI is InChI=1S/C14H20BrN3O/c1-18-7-2-3-10(18)6-8-19-11-4-5-12(14(16)17)13(15)9-11/h4-5,9-10H,2-3,6-8H2,1H3,(H3,16,17). The van der Waals surface area contributed by atoms with Gasteiger partial charge >= 0.3 is 0 Å². The van der Waals surface area contributed by atoms with Crippen molar-refractivity contribution in [2.24, 2.45) is 5.73 Å². The van der Waals surface area contributed by atoms with E-state index in [9.17, 15) is 0 Å². The van der Waals surface area contributed by atoms with Gasteiger partial charge in [0.2, 0.25) is 0 Å². The second kappa shape index (κ2) is 6.39. The van der Waals surface area contributed by atoms with Crippen LogP contribution in [0, 0.1) is 5.41 Å². The molecule has 0 radical (unpaired) electrons. The Morgan fingerprint density at radius 3 is 2.95 bits per heavy atom. The minimum absolute atomic E-state index is 0.0611. The molecule has 104 valence electrons. The summed E-state index contributed by atoms with van der Waals surface area (Å²) in [7, 11) is 2.18. The molecule has 4 nitrogen and oxygen atoms in total. The zero-order valence-electron chi connectivity index (χ0n) is 11.2. The number of amidine groups is 1. The van der Waals surface area contributed by atoms with Gasteiger partial charge in [0.15, 0.2) is 0 Å². The number of nitrogens with two attached hydrogens (primary N) is 1. The average molecular weight is 326 g/mol. The zero-order valence-corrected chi connectivity index (χ0v) is 12.7. The van der Waals surface area contributed by atoms with Crippen LogP contribution in [0.1, 0.15) is 24.8 Å². The first-order valence-corrected chi connectivity index (χ1v) is 7.34. The van der Waals surface area contributed by atoms with E-state index in [0.29, 0.717) is 11.6 Å². The molecule has 1 unspecified atom stereocenters. The van der Waals surface area contributed by atoms with E-state index in [-0.39, 0.29) is 5.84 Å². The quantitative estimate of drug-likeness (QED) is 0.646. The molecule has 1 aromatic carbocycles. The molecule has 19 heavy (non-hydrogen) atoms. The average Bonchev–Trinajstić information content (AvgIpc) is 2.75.